The lowest BCUT2D eigenvalue weighted by atomic mass is 10.1. The van der Waals surface area contributed by atoms with Gasteiger partial charge in [-0.25, -0.2) is 0 Å². The summed E-state index contributed by atoms with van der Waals surface area (Å²) in [5.41, 5.74) is 0. The molecule has 1 atom stereocenters. The number of likely N-dealkylation sites (N-methyl/N-ethyl adjacent to an activating group) is 1. The van der Waals surface area contributed by atoms with Crippen LogP contribution in [0.5, 0.6) is 0 Å². The maximum absolute atomic E-state index is 5.89. The van der Waals surface area contributed by atoms with E-state index in [1.807, 2.05) is 25.2 Å². The molecule has 0 radical (unpaired) electrons. The van der Waals surface area contributed by atoms with Crippen molar-refractivity contribution >= 4 is 22.9 Å². The predicted molar refractivity (Wildman–Crippen MR) is 63.5 cm³/mol. The highest BCUT2D eigenvalue weighted by Gasteiger charge is 2.13. The number of halogens is 1. The Morgan fingerprint density at radius 3 is 2.87 bits per heavy atom. The summed E-state index contributed by atoms with van der Waals surface area (Å²) in [5.74, 6) is 0.960. The molecule has 0 spiro atoms. The zero-order valence-electron chi connectivity index (χ0n) is 8.37. The molecule has 0 aliphatic rings. The largest absolute Gasteiger partial charge is 0.468 e. The van der Waals surface area contributed by atoms with Crippen molar-refractivity contribution in [3.05, 3.63) is 45.5 Å². The van der Waals surface area contributed by atoms with E-state index in [0.29, 0.717) is 0 Å². The standard InChI is InChI=1S/C11H12ClNOS/c1-13-9(10-3-2-6-14-10)7-8-4-5-11(12)15-8/h2-6,9,13H,7H2,1H3. The predicted octanol–water partition coefficient (Wildman–Crippen LogP) is 3.50. The first-order valence-corrected chi connectivity index (χ1v) is 5.94. The third-order valence-electron chi connectivity index (χ3n) is 2.27. The zero-order valence-corrected chi connectivity index (χ0v) is 9.94. The number of hydrogen-bond acceptors (Lipinski definition) is 3. The van der Waals surface area contributed by atoms with E-state index in [1.165, 1.54) is 4.88 Å². The Morgan fingerprint density at radius 2 is 2.33 bits per heavy atom. The Kier molecular flexibility index (Phi) is 3.46. The van der Waals surface area contributed by atoms with E-state index in [9.17, 15) is 0 Å². The van der Waals surface area contributed by atoms with Crippen LogP contribution in [0.2, 0.25) is 4.34 Å². The average Bonchev–Trinajstić information content (AvgIpc) is 2.85. The fourth-order valence-corrected chi connectivity index (χ4v) is 2.63. The first kappa shape index (κ1) is 10.7. The van der Waals surface area contributed by atoms with Crippen molar-refractivity contribution in [3.8, 4) is 0 Å². The second-order valence-electron chi connectivity index (χ2n) is 3.27. The molecular weight excluding hydrogens is 230 g/mol. The van der Waals surface area contributed by atoms with Crippen molar-refractivity contribution in [2.45, 2.75) is 12.5 Å². The minimum Gasteiger partial charge on any atom is -0.468 e. The van der Waals surface area contributed by atoms with Crippen LogP contribution in [0.3, 0.4) is 0 Å². The molecule has 2 rings (SSSR count). The minimum atomic E-state index is 0.217. The molecule has 2 heterocycles. The molecule has 0 aromatic carbocycles. The number of hydrogen-bond donors (Lipinski definition) is 1. The van der Waals surface area contributed by atoms with Crippen molar-refractivity contribution in [1.82, 2.24) is 5.32 Å². The molecule has 80 valence electrons. The number of thiophene rings is 1. The maximum Gasteiger partial charge on any atom is 0.121 e. The van der Waals surface area contributed by atoms with Crippen LogP contribution in [0.25, 0.3) is 0 Å². The van der Waals surface area contributed by atoms with Crippen LogP contribution < -0.4 is 5.32 Å². The second-order valence-corrected chi connectivity index (χ2v) is 5.07. The molecule has 0 aliphatic carbocycles. The normalized spacial score (nSPS) is 12.9. The highest BCUT2D eigenvalue weighted by Crippen LogP contribution is 2.26. The Labute approximate surface area is 97.9 Å². The fraction of sp³-hybridized carbons (Fsp3) is 0.273. The van der Waals surface area contributed by atoms with E-state index in [1.54, 1.807) is 17.6 Å². The SMILES string of the molecule is CNC(Cc1ccc(Cl)s1)c1ccco1. The maximum atomic E-state index is 5.89. The summed E-state index contributed by atoms with van der Waals surface area (Å²) in [6.07, 6.45) is 2.60. The summed E-state index contributed by atoms with van der Waals surface area (Å²) >= 11 is 7.50. The monoisotopic (exact) mass is 241 g/mol. The zero-order chi connectivity index (χ0) is 10.7. The van der Waals surface area contributed by atoms with E-state index < -0.39 is 0 Å². The third-order valence-corrected chi connectivity index (χ3v) is 3.52. The number of rotatable bonds is 4. The molecule has 0 bridgehead atoms. The Balaban J connectivity index is 2.09. The Bertz CT molecular complexity index is 410. The summed E-state index contributed by atoms with van der Waals surface area (Å²) in [5, 5.41) is 3.23. The molecule has 0 saturated heterocycles. The van der Waals surface area contributed by atoms with Gasteiger partial charge < -0.3 is 9.73 Å². The molecule has 2 aromatic rings. The molecule has 0 fully saturated rings. The molecule has 1 unspecified atom stereocenters. The van der Waals surface area contributed by atoms with Gasteiger partial charge in [0.2, 0.25) is 0 Å². The molecule has 2 nitrogen and oxygen atoms in total. The van der Waals surface area contributed by atoms with Gasteiger partial charge in [-0.05, 0) is 31.3 Å². The van der Waals surface area contributed by atoms with Gasteiger partial charge in [0.1, 0.15) is 5.76 Å². The summed E-state index contributed by atoms with van der Waals surface area (Å²) in [4.78, 5) is 1.26. The smallest absolute Gasteiger partial charge is 0.121 e. The van der Waals surface area contributed by atoms with Crippen molar-refractivity contribution in [3.63, 3.8) is 0 Å². The van der Waals surface area contributed by atoms with Crippen LogP contribution in [-0.2, 0) is 6.42 Å². The molecule has 4 heteroatoms. The molecule has 0 aliphatic heterocycles. The highest BCUT2D eigenvalue weighted by molar-refractivity contribution is 7.16. The van der Waals surface area contributed by atoms with Gasteiger partial charge in [-0.2, -0.15) is 0 Å². The highest BCUT2D eigenvalue weighted by atomic mass is 35.5. The van der Waals surface area contributed by atoms with Gasteiger partial charge in [-0.3, -0.25) is 0 Å². The first-order valence-electron chi connectivity index (χ1n) is 4.74. The third kappa shape index (κ3) is 2.62. The molecule has 1 N–H and O–H groups in total. The molecule has 2 aromatic heterocycles. The van der Waals surface area contributed by atoms with Crippen molar-refractivity contribution in [1.29, 1.82) is 0 Å². The lowest BCUT2D eigenvalue weighted by Crippen LogP contribution is -2.17. The van der Waals surface area contributed by atoms with Crippen LogP contribution in [0.1, 0.15) is 16.7 Å². The van der Waals surface area contributed by atoms with Gasteiger partial charge in [-0.15, -0.1) is 11.3 Å². The lowest BCUT2D eigenvalue weighted by Gasteiger charge is -2.11. The lowest BCUT2D eigenvalue weighted by molar-refractivity contribution is 0.431. The summed E-state index contributed by atoms with van der Waals surface area (Å²) in [6, 6.07) is 8.09. The summed E-state index contributed by atoms with van der Waals surface area (Å²) < 4.78 is 6.21. The molecule has 0 saturated carbocycles. The van der Waals surface area contributed by atoms with E-state index in [2.05, 4.69) is 11.4 Å². The average molecular weight is 242 g/mol. The van der Waals surface area contributed by atoms with E-state index in [0.717, 1.165) is 16.5 Å². The molecule has 0 amide bonds. The van der Waals surface area contributed by atoms with Crippen molar-refractivity contribution < 1.29 is 4.42 Å². The summed E-state index contributed by atoms with van der Waals surface area (Å²) in [6.45, 7) is 0. The van der Waals surface area contributed by atoms with E-state index in [4.69, 9.17) is 16.0 Å². The van der Waals surface area contributed by atoms with Crippen LogP contribution >= 0.6 is 22.9 Å². The number of furan rings is 1. The Morgan fingerprint density at radius 1 is 1.47 bits per heavy atom. The topological polar surface area (TPSA) is 25.2 Å². The van der Waals surface area contributed by atoms with Crippen LogP contribution in [-0.4, -0.2) is 7.05 Å². The van der Waals surface area contributed by atoms with E-state index in [-0.39, 0.29) is 6.04 Å². The minimum absolute atomic E-state index is 0.217. The van der Waals surface area contributed by atoms with Crippen molar-refractivity contribution in [2.24, 2.45) is 0 Å². The number of nitrogens with one attached hydrogen (secondary N) is 1. The second kappa shape index (κ2) is 4.84. The van der Waals surface area contributed by atoms with Crippen LogP contribution in [0.4, 0.5) is 0 Å². The Hall–Kier alpha value is -0.770. The molecular formula is C11H12ClNOS. The van der Waals surface area contributed by atoms with Gasteiger partial charge in [-0.1, -0.05) is 11.6 Å². The van der Waals surface area contributed by atoms with Crippen LogP contribution in [0, 0.1) is 0 Å². The quantitative estimate of drug-likeness (QED) is 0.887. The van der Waals surface area contributed by atoms with Gasteiger partial charge in [0, 0.05) is 11.3 Å². The fourth-order valence-electron chi connectivity index (χ4n) is 1.50. The van der Waals surface area contributed by atoms with Gasteiger partial charge >= 0.3 is 0 Å². The van der Waals surface area contributed by atoms with Gasteiger partial charge in [0.25, 0.3) is 0 Å². The van der Waals surface area contributed by atoms with Gasteiger partial charge in [0.15, 0.2) is 0 Å². The first-order chi connectivity index (χ1) is 7.29. The summed E-state index contributed by atoms with van der Waals surface area (Å²) in [7, 11) is 1.93. The van der Waals surface area contributed by atoms with Crippen LogP contribution in [0.15, 0.2) is 34.9 Å². The van der Waals surface area contributed by atoms with Crippen molar-refractivity contribution in [2.75, 3.05) is 7.05 Å². The molecule has 15 heavy (non-hydrogen) atoms. The van der Waals surface area contributed by atoms with E-state index >= 15 is 0 Å². The van der Waals surface area contributed by atoms with Gasteiger partial charge in [0.05, 0.1) is 16.6 Å².